The van der Waals surface area contributed by atoms with Gasteiger partial charge in [0.1, 0.15) is 5.69 Å². The van der Waals surface area contributed by atoms with Crippen LogP contribution in [0.3, 0.4) is 0 Å². The van der Waals surface area contributed by atoms with E-state index in [4.69, 9.17) is 5.73 Å². The number of carbonyl (C=O) groups excluding carboxylic acids is 1. The van der Waals surface area contributed by atoms with Crippen LogP contribution in [-0.4, -0.2) is 10.9 Å². The molecule has 1 aromatic heterocycles. The lowest BCUT2D eigenvalue weighted by molar-refractivity contribution is 0.0947. The monoisotopic (exact) mass is 343 g/mol. The fraction of sp³-hybridized carbons (Fsp3) is 0.0625. The van der Waals surface area contributed by atoms with Crippen LogP contribution in [0.2, 0.25) is 0 Å². The second kappa shape index (κ2) is 5.61. The van der Waals surface area contributed by atoms with Crippen molar-refractivity contribution in [2.75, 3.05) is 5.73 Å². The molecule has 4 N–H and O–H groups in total. The number of fused-ring (bicyclic) bond motifs is 1. The van der Waals surface area contributed by atoms with E-state index in [0.29, 0.717) is 17.9 Å². The number of halogens is 1. The molecule has 0 saturated carbocycles. The molecule has 2 aromatic carbocycles. The predicted octanol–water partition coefficient (Wildman–Crippen LogP) is 3.44. The minimum atomic E-state index is -0.134. The molecule has 1 heterocycles. The quantitative estimate of drug-likeness (QED) is 0.637. The molecule has 0 aliphatic rings. The first-order valence-corrected chi connectivity index (χ1v) is 7.32. The Morgan fingerprint density at radius 3 is 2.86 bits per heavy atom. The average Bonchev–Trinajstić information content (AvgIpc) is 2.88. The molecule has 0 spiro atoms. The lowest BCUT2D eigenvalue weighted by atomic mass is 10.2. The van der Waals surface area contributed by atoms with Gasteiger partial charge in [0.25, 0.3) is 5.91 Å². The van der Waals surface area contributed by atoms with E-state index in [1.165, 1.54) is 0 Å². The number of benzene rings is 2. The van der Waals surface area contributed by atoms with Crippen molar-refractivity contribution in [3.63, 3.8) is 0 Å². The van der Waals surface area contributed by atoms with E-state index in [1.807, 2.05) is 48.5 Å². The zero-order chi connectivity index (χ0) is 14.8. The molecule has 1 amide bonds. The third-order valence-electron chi connectivity index (χ3n) is 3.23. The molecule has 3 aromatic rings. The average molecular weight is 344 g/mol. The number of aromatic nitrogens is 1. The SMILES string of the molecule is Nc1ccc2[nH]c(C(=O)NCc3cccc(Br)c3)cc2c1. The van der Waals surface area contributed by atoms with Gasteiger partial charge in [0, 0.05) is 27.6 Å². The molecule has 106 valence electrons. The molecular formula is C16H14BrN3O. The summed E-state index contributed by atoms with van der Waals surface area (Å²) in [6.07, 6.45) is 0. The van der Waals surface area contributed by atoms with Crippen LogP contribution in [0.4, 0.5) is 5.69 Å². The van der Waals surface area contributed by atoms with Crippen LogP contribution in [0, 0.1) is 0 Å². The third-order valence-corrected chi connectivity index (χ3v) is 3.72. The second-order valence-electron chi connectivity index (χ2n) is 4.84. The van der Waals surface area contributed by atoms with Crippen LogP contribution < -0.4 is 11.1 Å². The summed E-state index contributed by atoms with van der Waals surface area (Å²) in [5.74, 6) is -0.134. The first-order chi connectivity index (χ1) is 10.1. The summed E-state index contributed by atoms with van der Waals surface area (Å²) >= 11 is 3.41. The Bertz CT molecular complexity index is 810. The van der Waals surface area contributed by atoms with Gasteiger partial charge in [-0.15, -0.1) is 0 Å². The van der Waals surface area contributed by atoms with E-state index in [-0.39, 0.29) is 5.91 Å². The van der Waals surface area contributed by atoms with Gasteiger partial charge < -0.3 is 16.0 Å². The molecule has 0 aliphatic heterocycles. The number of nitrogens with two attached hydrogens (primary N) is 1. The molecule has 0 bridgehead atoms. The van der Waals surface area contributed by atoms with Gasteiger partial charge in [0.15, 0.2) is 0 Å². The Balaban J connectivity index is 1.74. The summed E-state index contributed by atoms with van der Waals surface area (Å²) in [6, 6.07) is 15.2. The molecule has 0 radical (unpaired) electrons. The van der Waals surface area contributed by atoms with Crippen molar-refractivity contribution in [2.24, 2.45) is 0 Å². The van der Waals surface area contributed by atoms with Gasteiger partial charge in [-0.1, -0.05) is 28.1 Å². The van der Waals surface area contributed by atoms with E-state index >= 15 is 0 Å². The summed E-state index contributed by atoms with van der Waals surface area (Å²) in [5, 5.41) is 3.83. The first kappa shape index (κ1) is 13.7. The van der Waals surface area contributed by atoms with Crippen LogP contribution >= 0.6 is 15.9 Å². The molecule has 0 atom stereocenters. The summed E-state index contributed by atoms with van der Waals surface area (Å²) in [4.78, 5) is 15.3. The molecule has 0 fully saturated rings. The summed E-state index contributed by atoms with van der Waals surface area (Å²) < 4.78 is 0.996. The largest absolute Gasteiger partial charge is 0.399 e. The molecular weight excluding hydrogens is 330 g/mol. The fourth-order valence-electron chi connectivity index (χ4n) is 2.20. The Hall–Kier alpha value is -2.27. The van der Waals surface area contributed by atoms with Crippen molar-refractivity contribution in [1.29, 1.82) is 0 Å². The highest BCUT2D eigenvalue weighted by atomic mass is 79.9. The van der Waals surface area contributed by atoms with E-state index in [0.717, 1.165) is 20.9 Å². The minimum Gasteiger partial charge on any atom is -0.399 e. The van der Waals surface area contributed by atoms with E-state index < -0.39 is 0 Å². The summed E-state index contributed by atoms with van der Waals surface area (Å²) in [5.41, 5.74) is 8.89. The number of aromatic amines is 1. The van der Waals surface area contributed by atoms with Crippen LogP contribution in [0.15, 0.2) is 53.0 Å². The number of hydrogen-bond acceptors (Lipinski definition) is 2. The molecule has 3 rings (SSSR count). The van der Waals surface area contributed by atoms with Crippen molar-refractivity contribution in [2.45, 2.75) is 6.54 Å². The normalized spacial score (nSPS) is 10.7. The fourth-order valence-corrected chi connectivity index (χ4v) is 2.64. The Labute approximate surface area is 130 Å². The highest BCUT2D eigenvalue weighted by molar-refractivity contribution is 9.10. The number of carbonyl (C=O) groups is 1. The first-order valence-electron chi connectivity index (χ1n) is 6.53. The highest BCUT2D eigenvalue weighted by Gasteiger charge is 2.09. The summed E-state index contributed by atoms with van der Waals surface area (Å²) in [6.45, 7) is 0.482. The number of nitrogens with one attached hydrogen (secondary N) is 2. The molecule has 5 heteroatoms. The highest BCUT2D eigenvalue weighted by Crippen LogP contribution is 2.18. The van der Waals surface area contributed by atoms with Gasteiger partial charge in [0.2, 0.25) is 0 Å². The number of nitrogen functional groups attached to an aromatic ring is 1. The van der Waals surface area contributed by atoms with Crippen LogP contribution in [-0.2, 0) is 6.54 Å². The van der Waals surface area contributed by atoms with Crippen LogP contribution in [0.5, 0.6) is 0 Å². The smallest absolute Gasteiger partial charge is 0.267 e. The topological polar surface area (TPSA) is 70.9 Å². The van der Waals surface area contributed by atoms with Gasteiger partial charge in [-0.2, -0.15) is 0 Å². The molecule has 21 heavy (non-hydrogen) atoms. The maximum atomic E-state index is 12.2. The van der Waals surface area contributed by atoms with Crippen LogP contribution in [0.1, 0.15) is 16.1 Å². The van der Waals surface area contributed by atoms with Gasteiger partial charge in [-0.3, -0.25) is 4.79 Å². The number of rotatable bonds is 3. The van der Waals surface area contributed by atoms with Gasteiger partial charge in [0.05, 0.1) is 0 Å². The van der Waals surface area contributed by atoms with Crippen molar-refractivity contribution in [1.82, 2.24) is 10.3 Å². The third kappa shape index (κ3) is 3.08. The van der Waals surface area contributed by atoms with E-state index in [9.17, 15) is 4.79 Å². The van der Waals surface area contributed by atoms with Crippen molar-refractivity contribution < 1.29 is 4.79 Å². The van der Waals surface area contributed by atoms with Crippen LogP contribution in [0.25, 0.3) is 10.9 Å². The molecule has 4 nitrogen and oxygen atoms in total. The van der Waals surface area contributed by atoms with Crippen molar-refractivity contribution >= 4 is 38.4 Å². The maximum absolute atomic E-state index is 12.2. The minimum absolute atomic E-state index is 0.134. The molecule has 0 aliphatic carbocycles. The van der Waals surface area contributed by atoms with Crippen molar-refractivity contribution in [3.8, 4) is 0 Å². The predicted molar refractivity (Wildman–Crippen MR) is 88.0 cm³/mol. The number of amides is 1. The van der Waals surface area contributed by atoms with Gasteiger partial charge in [-0.05, 0) is 42.0 Å². The Morgan fingerprint density at radius 2 is 2.05 bits per heavy atom. The summed E-state index contributed by atoms with van der Waals surface area (Å²) in [7, 11) is 0. The Morgan fingerprint density at radius 1 is 1.19 bits per heavy atom. The zero-order valence-corrected chi connectivity index (χ0v) is 12.8. The number of anilines is 1. The number of hydrogen-bond donors (Lipinski definition) is 3. The van der Waals surface area contributed by atoms with E-state index in [2.05, 4.69) is 26.2 Å². The number of H-pyrrole nitrogens is 1. The molecule has 0 saturated heterocycles. The zero-order valence-electron chi connectivity index (χ0n) is 11.2. The Kier molecular flexibility index (Phi) is 3.66. The standard InChI is InChI=1S/C16H14BrN3O/c17-12-3-1-2-10(6-12)9-19-16(21)15-8-11-7-13(18)4-5-14(11)20-15/h1-8,20H,9,18H2,(H,19,21). The van der Waals surface area contributed by atoms with Gasteiger partial charge in [-0.25, -0.2) is 0 Å². The second-order valence-corrected chi connectivity index (χ2v) is 5.76. The van der Waals surface area contributed by atoms with E-state index in [1.54, 1.807) is 0 Å². The van der Waals surface area contributed by atoms with Crippen molar-refractivity contribution in [3.05, 3.63) is 64.3 Å². The maximum Gasteiger partial charge on any atom is 0.267 e. The lowest BCUT2D eigenvalue weighted by Crippen LogP contribution is -2.23. The lowest BCUT2D eigenvalue weighted by Gasteiger charge is -2.04. The van der Waals surface area contributed by atoms with Gasteiger partial charge >= 0.3 is 0 Å². The molecule has 0 unspecified atom stereocenters.